The first-order chi connectivity index (χ1) is 14.5. The van der Waals surface area contributed by atoms with Gasteiger partial charge in [-0.2, -0.15) is 0 Å². The molecule has 7 heteroatoms. The van der Waals surface area contributed by atoms with Gasteiger partial charge in [-0.25, -0.2) is 8.78 Å². The summed E-state index contributed by atoms with van der Waals surface area (Å²) in [6, 6.07) is 15.5. The van der Waals surface area contributed by atoms with Gasteiger partial charge in [0.25, 0.3) is 0 Å². The molecule has 0 aliphatic heterocycles. The minimum Gasteiger partial charge on any atom is -0.497 e. The number of hydrogen-bond donors (Lipinski definition) is 0. The zero-order chi connectivity index (χ0) is 21.7. The van der Waals surface area contributed by atoms with Crippen LogP contribution in [0.25, 0.3) is 0 Å². The Kier molecular flexibility index (Phi) is 7.05. The zero-order valence-electron chi connectivity index (χ0n) is 16.5. The molecule has 30 heavy (non-hydrogen) atoms. The van der Waals surface area contributed by atoms with Crippen molar-refractivity contribution in [2.45, 2.75) is 13.1 Å². The van der Waals surface area contributed by atoms with Crippen LogP contribution < -0.4 is 14.4 Å². The number of carbonyl (C=O) groups is 1. The third-order valence-electron chi connectivity index (χ3n) is 4.68. The molecule has 3 rings (SSSR count). The summed E-state index contributed by atoms with van der Waals surface area (Å²) in [6.07, 6.45) is 0.342. The molecule has 0 bridgehead atoms. The lowest BCUT2D eigenvalue weighted by Crippen LogP contribution is -2.25. The highest BCUT2D eigenvalue weighted by Crippen LogP contribution is 2.34. The number of aldehydes is 1. The molecule has 0 heterocycles. The Bertz CT molecular complexity index is 975. The van der Waals surface area contributed by atoms with E-state index in [1.807, 2.05) is 24.3 Å². The van der Waals surface area contributed by atoms with Crippen molar-refractivity contribution in [2.24, 2.45) is 0 Å². The van der Waals surface area contributed by atoms with E-state index in [4.69, 9.17) is 9.47 Å². The van der Waals surface area contributed by atoms with Crippen molar-refractivity contribution in [3.63, 3.8) is 0 Å². The van der Waals surface area contributed by atoms with Gasteiger partial charge in [0.05, 0.1) is 29.9 Å². The molecule has 0 atom stereocenters. The topological polar surface area (TPSA) is 38.8 Å². The lowest BCUT2D eigenvalue weighted by Gasteiger charge is -2.27. The minimum absolute atomic E-state index is 0.0462. The maximum atomic E-state index is 15.1. The Morgan fingerprint density at radius 2 is 1.37 bits per heavy atom. The van der Waals surface area contributed by atoms with Gasteiger partial charge < -0.3 is 14.4 Å². The van der Waals surface area contributed by atoms with E-state index >= 15 is 4.39 Å². The summed E-state index contributed by atoms with van der Waals surface area (Å²) >= 11 is 3.05. The number of hydrogen-bond acceptors (Lipinski definition) is 4. The maximum Gasteiger partial charge on any atom is 0.161 e. The summed E-state index contributed by atoms with van der Waals surface area (Å²) in [6.45, 7) is 0.507. The molecule has 0 fully saturated rings. The van der Waals surface area contributed by atoms with Gasteiger partial charge in [0.2, 0.25) is 0 Å². The third kappa shape index (κ3) is 4.79. The van der Waals surface area contributed by atoms with Crippen LogP contribution in [-0.2, 0) is 13.1 Å². The highest BCUT2D eigenvalue weighted by molar-refractivity contribution is 9.10. The van der Waals surface area contributed by atoms with Gasteiger partial charge in [0.15, 0.2) is 12.1 Å². The van der Waals surface area contributed by atoms with E-state index in [2.05, 4.69) is 15.9 Å². The Balaban J connectivity index is 2.05. The summed E-state index contributed by atoms with van der Waals surface area (Å²) in [5, 5.41) is 0. The summed E-state index contributed by atoms with van der Waals surface area (Å²) in [5.41, 5.74) is 1.28. The molecule has 0 saturated carbocycles. The monoisotopic (exact) mass is 475 g/mol. The van der Waals surface area contributed by atoms with Gasteiger partial charge >= 0.3 is 0 Å². The number of rotatable bonds is 8. The third-order valence-corrected chi connectivity index (χ3v) is 5.26. The van der Waals surface area contributed by atoms with Gasteiger partial charge in [-0.3, -0.25) is 4.79 Å². The molecule has 0 amide bonds. The van der Waals surface area contributed by atoms with Crippen molar-refractivity contribution in [3.8, 4) is 11.5 Å². The van der Waals surface area contributed by atoms with E-state index in [-0.39, 0.29) is 28.8 Å². The van der Waals surface area contributed by atoms with Gasteiger partial charge in [-0.15, -0.1) is 0 Å². The minimum atomic E-state index is -0.789. The first-order valence-corrected chi connectivity index (χ1v) is 9.89. The second kappa shape index (κ2) is 9.71. The largest absolute Gasteiger partial charge is 0.497 e. The van der Waals surface area contributed by atoms with Crippen molar-refractivity contribution in [3.05, 3.63) is 87.4 Å². The smallest absolute Gasteiger partial charge is 0.161 e. The molecule has 4 nitrogen and oxygen atoms in total. The number of carbonyl (C=O) groups excluding carboxylic acids is 1. The average molecular weight is 476 g/mol. The van der Waals surface area contributed by atoms with Crippen LogP contribution >= 0.6 is 15.9 Å². The molecule has 0 radical (unpaired) electrons. The van der Waals surface area contributed by atoms with Crippen LogP contribution in [0, 0.1) is 11.6 Å². The number of nitrogens with zero attached hydrogens (tertiary/aromatic N) is 1. The Labute approximate surface area is 182 Å². The first kappa shape index (κ1) is 21.8. The van der Waals surface area contributed by atoms with E-state index in [1.165, 1.54) is 0 Å². The molecule has 156 valence electrons. The van der Waals surface area contributed by atoms with Crippen LogP contribution in [0.5, 0.6) is 11.5 Å². The molecule has 0 aromatic heterocycles. The molecule has 0 spiro atoms. The summed E-state index contributed by atoms with van der Waals surface area (Å²) in [5.74, 6) is -0.106. The number of benzene rings is 3. The van der Waals surface area contributed by atoms with Crippen LogP contribution in [0.1, 0.15) is 21.5 Å². The number of halogens is 3. The molecule has 0 unspecified atom stereocenters. The zero-order valence-corrected chi connectivity index (χ0v) is 18.1. The average Bonchev–Trinajstić information content (AvgIpc) is 2.76. The van der Waals surface area contributed by atoms with Gasteiger partial charge in [-0.1, -0.05) is 24.3 Å². The van der Waals surface area contributed by atoms with Crippen LogP contribution in [-0.4, -0.2) is 20.5 Å². The second-order valence-corrected chi connectivity index (χ2v) is 7.44. The first-order valence-electron chi connectivity index (χ1n) is 9.10. The summed E-state index contributed by atoms with van der Waals surface area (Å²) in [4.78, 5) is 13.2. The fourth-order valence-electron chi connectivity index (χ4n) is 3.13. The second-order valence-electron chi connectivity index (χ2n) is 6.59. The number of methoxy groups -OCH3 is 2. The SMILES string of the molecule is COc1ccc(CN(Cc2ccc(OC)cc2)c2c(F)c(Br)cc(F)c2C=O)cc1. The van der Waals surface area contributed by atoms with Crippen LogP contribution in [0.3, 0.4) is 0 Å². The molecule has 3 aromatic rings. The van der Waals surface area contributed by atoms with E-state index in [1.54, 1.807) is 43.4 Å². The fraction of sp³-hybridized carbons (Fsp3) is 0.174. The van der Waals surface area contributed by atoms with E-state index in [0.29, 0.717) is 17.8 Å². The highest BCUT2D eigenvalue weighted by atomic mass is 79.9. The Hall–Kier alpha value is -2.93. The quantitative estimate of drug-likeness (QED) is 0.306. The Morgan fingerprint density at radius 1 is 0.900 bits per heavy atom. The van der Waals surface area contributed by atoms with Crippen molar-refractivity contribution in [2.75, 3.05) is 19.1 Å². The predicted molar refractivity (Wildman–Crippen MR) is 115 cm³/mol. The standard InChI is InChI=1S/C23H20BrF2NO3/c1-29-17-7-3-15(4-8-17)12-27(13-16-5-9-18(30-2)10-6-16)23-19(14-28)21(25)11-20(24)22(23)26/h3-11,14H,12-13H2,1-2H3. The number of anilines is 1. The van der Waals surface area contributed by atoms with Gasteiger partial charge in [-0.05, 0) is 57.4 Å². The lowest BCUT2D eigenvalue weighted by molar-refractivity contribution is 0.111. The molecular formula is C23H20BrF2NO3. The Morgan fingerprint density at radius 3 is 1.77 bits per heavy atom. The normalized spacial score (nSPS) is 10.6. The van der Waals surface area contributed by atoms with Gasteiger partial charge in [0, 0.05) is 13.1 Å². The van der Waals surface area contributed by atoms with Crippen LogP contribution in [0.2, 0.25) is 0 Å². The van der Waals surface area contributed by atoms with Gasteiger partial charge in [0.1, 0.15) is 17.3 Å². The van der Waals surface area contributed by atoms with Crippen LogP contribution in [0.15, 0.2) is 59.1 Å². The van der Waals surface area contributed by atoms with Crippen molar-refractivity contribution in [1.82, 2.24) is 0 Å². The predicted octanol–water partition coefficient (Wildman–Crippen LogP) is 5.76. The molecule has 0 N–H and O–H groups in total. The molecular weight excluding hydrogens is 456 g/mol. The van der Waals surface area contributed by atoms with Crippen LogP contribution in [0.4, 0.5) is 14.5 Å². The van der Waals surface area contributed by atoms with E-state index in [9.17, 15) is 9.18 Å². The molecule has 0 aliphatic carbocycles. The van der Waals surface area contributed by atoms with E-state index in [0.717, 1.165) is 17.2 Å². The lowest BCUT2D eigenvalue weighted by atomic mass is 10.1. The molecule has 3 aromatic carbocycles. The highest BCUT2D eigenvalue weighted by Gasteiger charge is 2.23. The van der Waals surface area contributed by atoms with E-state index < -0.39 is 11.6 Å². The summed E-state index contributed by atoms with van der Waals surface area (Å²) < 4.78 is 39.8. The maximum absolute atomic E-state index is 15.1. The number of ether oxygens (including phenoxy) is 2. The van der Waals surface area contributed by atoms with Crippen molar-refractivity contribution < 1.29 is 23.0 Å². The summed E-state index contributed by atoms with van der Waals surface area (Å²) in [7, 11) is 3.14. The van der Waals surface area contributed by atoms with Crippen molar-refractivity contribution >= 4 is 27.9 Å². The fourth-order valence-corrected chi connectivity index (χ4v) is 3.52. The van der Waals surface area contributed by atoms with Crippen molar-refractivity contribution in [1.29, 1.82) is 0 Å². The molecule has 0 saturated heterocycles. The molecule has 0 aliphatic rings.